The van der Waals surface area contributed by atoms with Gasteiger partial charge < -0.3 is 19.9 Å². The Balaban J connectivity index is 0.00000338. The maximum atomic E-state index is 12.3. The van der Waals surface area contributed by atoms with E-state index in [1.807, 2.05) is 6.92 Å². The van der Waals surface area contributed by atoms with Gasteiger partial charge in [-0.3, -0.25) is 4.99 Å². The number of rotatable bonds is 4. The van der Waals surface area contributed by atoms with Gasteiger partial charge in [0, 0.05) is 38.4 Å². The molecule has 0 amide bonds. The number of ether oxygens (including phenoxy) is 1. The molecule has 0 aromatic heterocycles. The van der Waals surface area contributed by atoms with Gasteiger partial charge >= 0.3 is 0 Å². The highest BCUT2D eigenvalue weighted by Crippen LogP contribution is 2.27. The summed E-state index contributed by atoms with van der Waals surface area (Å²) in [6.45, 7) is 9.59. The van der Waals surface area contributed by atoms with Crippen LogP contribution in [0.25, 0.3) is 0 Å². The third-order valence-corrected chi connectivity index (χ3v) is 8.11. The van der Waals surface area contributed by atoms with Crippen LogP contribution < -0.4 is 5.32 Å². The highest BCUT2D eigenvalue weighted by molar-refractivity contribution is 14.0. The minimum absolute atomic E-state index is 0. The lowest BCUT2D eigenvalue weighted by molar-refractivity contribution is -0.00264. The van der Waals surface area contributed by atoms with Crippen molar-refractivity contribution in [2.24, 2.45) is 4.99 Å². The molecule has 9 heteroatoms. The summed E-state index contributed by atoms with van der Waals surface area (Å²) >= 11 is 0. The van der Waals surface area contributed by atoms with Gasteiger partial charge in [-0.25, -0.2) is 8.42 Å². The Morgan fingerprint density at radius 1 is 1.27 bits per heavy atom. The quantitative estimate of drug-likeness (QED) is 0.354. The number of nitrogens with one attached hydrogen (secondary N) is 1. The molecule has 2 aliphatic heterocycles. The molecule has 2 saturated heterocycles. The van der Waals surface area contributed by atoms with Crippen molar-refractivity contribution >= 4 is 39.8 Å². The Hall–Kier alpha value is -0.130. The maximum absolute atomic E-state index is 12.3. The number of guanidine groups is 1. The molecule has 0 spiro atoms. The van der Waals surface area contributed by atoms with E-state index in [0.29, 0.717) is 19.6 Å². The average molecular weight is 502 g/mol. The van der Waals surface area contributed by atoms with Crippen LogP contribution in [0.4, 0.5) is 0 Å². The van der Waals surface area contributed by atoms with E-state index in [4.69, 9.17) is 9.73 Å². The van der Waals surface area contributed by atoms with Crippen molar-refractivity contribution in [2.75, 3.05) is 59.2 Å². The first kappa shape index (κ1) is 23.9. The molecular formula is C17H35IN4O3S. The molecule has 154 valence electrons. The van der Waals surface area contributed by atoms with E-state index >= 15 is 0 Å². The smallest absolute Gasteiger partial charge is 0.194 e. The van der Waals surface area contributed by atoms with Gasteiger partial charge in [0.2, 0.25) is 0 Å². The predicted molar refractivity (Wildman–Crippen MR) is 117 cm³/mol. The fraction of sp³-hybridized carbons (Fsp3) is 0.941. The molecule has 0 unspecified atom stereocenters. The summed E-state index contributed by atoms with van der Waals surface area (Å²) in [4.78, 5) is 9.25. The van der Waals surface area contributed by atoms with Gasteiger partial charge in [-0.05, 0) is 47.7 Å². The minimum Gasteiger partial charge on any atom is -0.381 e. The molecule has 2 fully saturated rings. The summed E-state index contributed by atoms with van der Waals surface area (Å²) in [5, 5.41) is 3.34. The number of halogens is 1. The van der Waals surface area contributed by atoms with E-state index in [2.05, 4.69) is 29.2 Å². The second-order valence-corrected chi connectivity index (χ2v) is 10.6. The molecule has 2 rings (SSSR count). The number of nitrogens with zero attached hydrogens (tertiary/aromatic N) is 3. The van der Waals surface area contributed by atoms with Crippen molar-refractivity contribution in [2.45, 2.75) is 43.9 Å². The largest absolute Gasteiger partial charge is 0.381 e. The third kappa shape index (κ3) is 5.23. The molecule has 0 aromatic carbocycles. The highest BCUT2D eigenvalue weighted by Gasteiger charge is 2.41. The maximum Gasteiger partial charge on any atom is 0.194 e. The molecule has 0 radical (unpaired) electrons. The Morgan fingerprint density at radius 3 is 2.38 bits per heavy atom. The van der Waals surface area contributed by atoms with Gasteiger partial charge in [-0.15, -0.1) is 24.0 Å². The normalized spacial score (nSPS) is 24.8. The van der Waals surface area contributed by atoms with Crippen LogP contribution in [0.15, 0.2) is 4.99 Å². The zero-order valence-corrected chi connectivity index (χ0v) is 19.9. The predicted octanol–water partition coefficient (Wildman–Crippen LogP) is 1.19. The van der Waals surface area contributed by atoms with Crippen LogP contribution in [0.3, 0.4) is 0 Å². The molecule has 0 aliphatic carbocycles. The van der Waals surface area contributed by atoms with Gasteiger partial charge in [0.25, 0.3) is 0 Å². The summed E-state index contributed by atoms with van der Waals surface area (Å²) in [5.74, 6) is 0.995. The SMILES string of the molecule is CCNC(=NCC1(N(C)C)CCOCC1)N1CCS(=O)(=O)C(C)(C)C1.I. The van der Waals surface area contributed by atoms with Gasteiger partial charge in [0.15, 0.2) is 15.8 Å². The summed E-state index contributed by atoms with van der Waals surface area (Å²) in [6, 6.07) is 0. The third-order valence-electron chi connectivity index (χ3n) is 5.57. The van der Waals surface area contributed by atoms with Crippen molar-refractivity contribution in [1.82, 2.24) is 15.1 Å². The second-order valence-electron chi connectivity index (χ2n) is 7.90. The van der Waals surface area contributed by atoms with E-state index in [9.17, 15) is 8.42 Å². The van der Waals surface area contributed by atoms with Gasteiger partial charge in [0.05, 0.1) is 17.0 Å². The van der Waals surface area contributed by atoms with E-state index in [0.717, 1.165) is 38.6 Å². The lowest BCUT2D eigenvalue weighted by Crippen LogP contribution is -2.58. The van der Waals surface area contributed by atoms with Gasteiger partial charge in [-0.2, -0.15) is 0 Å². The molecule has 0 saturated carbocycles. The lowest BCUT2D eigenvalue weighted by atomic mass is 9.89. The van der Waals surface area contributed by atoms with E-state index in [1.54, 1.807) is 13.8 Å². The zero-order valence-electron chi connectivity index (χ0n) is 16.7. The molecular weight excluding hydrogens is 467 g/mol. The Labute approximate surface area is 175 Å². The lowest BCUT2D eigenvalue weighted by Gasteiger charge is -2.43. The number of hydrogen-bond donors (Lipinski definition) is 1. The van der Waals surface area contributed by atoms with Crippen LogP contribution in [0.2, 0.25) is 0 Å². The molecule has 0 bridgehead atoms. The van der Waals surface area contributed by atoms with Crippen LogP contribution in [-0.4, -0.2) is 93.7 Å². The molecule has 2 aliphatic rings. The Morgan fingerprint density at radius 2 is 1.88 bits per heavy atom. The summed E-state index contributed by atoms with van der Waals surface area (Å²) < 4.78 is 29.3. The second kappa shape index (κ2) is 9.38. The molecule has 7 nitrogen and oxygen atoms in total. The molecule has 1 N–H and O–H groups in total. The fourth-order valence-electron chi connectivity index (χ4n) is 3.47. The number of hydrogen-bond acceptors (Lipinski definition) is 5. The topological polar surface area (TPSA) is 74.2 Å². The highest BCUT2D eigenvalue weighted by atomic mass is 127. The van der Waals surface area contributed by atoms with Crippen LogP contribution in [0, 0.1) is 0 Å². The Bertz CT molecular complexity index is 587. The van der Waals surface area contributed by atoms with Crippen LogP contribution in [0.5, 0.6) is 0 Å². The fourth-order valence-corrected chi connectivity index (χ4v) is 4.84. The van der Waals surface area contributed by atoms with Crippen molar-refractivity contribution in [3.8, 4) is 0 Å². The number of aliphatic imine (C=N–C) groups is 1. The summed E-state index contributed by atoms with van der Waals surface area (Å²) in [7, 11) is 1.15. The van der Waals surface area contributed by atoms with Crippen molar-refractivity contribution < 1.29 is 13.2 Å². The van der Waals surface area contributed by atoms with Gasteiger partial charge in [0.1, 0.15) is 0 Å². The first-order valence-corrected chi connectivity index (χ1v) is 10.8. The van der Waals surface area contributed by atoms with Gasteiger partial charge in [-0.1, -0.05) is 0 Å². The minimum atomic E-state index is -3.05. The average Bonchev–Trinajstić information content (AvgIpc) is 2.55. The summed E-state index contributed by atoms with van der Waals surface area (Å²) in [6.07, 6.45) is 1.92. The summed E-state index contributed by atoms with van der Waals surface area (Å²) in [5.41, 5.74) is 0.0102. The van der Waals surface area contributed by atoms with Crippen LogP contribution in [0.1, 0.15) is 33.6 Å². The van der Waals surface area contributed by atoms with E-state index in [-0.39, 0.29) is 35.3 Å². The first-order chi connectivity index (χ1) is 11.6. The molecule has 26 heavy (non-hydrogen) atoms. The monoisotopic (exact) mass is 502 g/mol. The standard InChI is InChI=1S/C17H34N4O3S.HI/c1-6-18-15(21-9-12-25(22,23)16(2,3)14-21)19-13-17(20(4)5)7-10-24-11-8-17;/h6-14H2,1-5H3,(H,18,19);1H. The molecule has 2 heterocycles. The first-order valence-electron chi connectivity index (χ1n) is 9.14. The van der Waals surface area contributed by atoms with E-state index < -0.39 is 14.6 Å². The van der Waals surface area contributed by atoms with Crippen LogP contribution in [-0.2, 0) is 14.6 Å². The van der Waals surface area contributed by atoms with Crippen molar-refractivity contribution in [3.63, 3.8) is 0 Å². The zero-order chi connectivity index (χ0) is 18.7. The molecule has 0 atom stereocenters. The number of sulfone groups is 1. The van der Waals surface area contributed by atoms with Crippen LogP contribution >= 0.6 is 24.0 Å². The molecule has 0 aromatic rings. The van der Waals surface area contributed by atoms with E-state index in [1.165, 1.54) is 0 Å². The van der Waals surface area contributed by atoms with Crippen molar-refractivity contribution in [3.05, 3.63) is 0 Å². The van der Waals surface area contributed by atoms with Crippen molar-refractivity contribution in [1.29, 1.82) is 0 Å². The number of likely N-dealkylation sites (N-methyl/N-ethyl adjacent to an activating group) is 1. The Kier molecular flexibility index (Phi) is 8.62.